The summed E-state index contributed by atoms with van der Waals surface area (Å²) < 4.78 is 74.3. The molecule has 1 saturated carbocycles. The molecule has 1 aromatic heterocycles. The van der Waals surface area contributed by atoms with E-state index in [-0.39, 0.29) is 17.0 Å². The van der Waals surface area contributed by atoms with Crippen molar-refractivity contribution < 1.29 is 26.3 Å². The minimum atomic E-state index is -4.05. The van der Waals surface area contributed by atoms with Crippen molar-refractivity contribution in [1.29, 1.82) is 0 Å². The Bertz CT molecular complexity index is 1100. The molecule has 2 aromatic rings. The number of sulfonamides is 1. The Hall–Kier alpha value is -1.93. The van der Waals surface area contributed by atoms with Gasteiger partial charge in [0.15, 0.2) is 6.23 Å². The first kappa shape index (κ1) is 20.3. The molecule has 9 nitrogen and oxygen atoms in total. The van der Waals surface area contributed by atoms with Crippen molar-refractivity contribution in [2.24, 2.45) is 0 Å². The molecule has 3 N–H and O–H groups in total. The van der Waals surface area contributed by atoms with Crippen molar-refractivity contribution in [1.82, 2.24) is 24.7 Å². The zero-order chi connectivity index (χ0) is 21.0. The van der Waals surface area contributed by atoms with Crippen LogP contribution in [-0.2, 0) is 21.3 Å². The standard InChI is InChI=1S/C16H20F3N5O4S/c1-2-23-10-4-3-9(29(26,27)22-16(8-17)5-6-16)7-11(10)24(15(23)25)14-21-20-13(28-14)12(18)19/h3-4,7,12-14,20-22H,2,5-6,8H2,1H3. The third kappa shape index (κ3) is 3.46. The van der Waals surface area contributed by atoms with Crippen LogP contribution >= 0.6 is 0 Å². The van der Waals surface area contributed by atoms with Gasteiger partial charge in [-0.05, 0) is 38.0 Å². The number of rotatable bonds is 7. The van der Waals surface area contributed by atoms with Crippen LogP contribution in [0.1, 0.15) is 26.1 Å². The number of imidazole rings is 1. The quantitative estimate of drug-likeness (QED) is 0.594. The third-order valence-corrected chi connectivity index (χ3v) is 6.69. The molecule has 0 amide bonds. The van der Waals surface area contributed by atoms with E-state index in [2.05, 4.69) is 15.6 Å². The number of aryl methyl sites for hydroxylation is 1. The van der Waals surface area contributed by atoms with Gasteiger partial charge < -0.3 is 4.74 Å². The molecule has 1 saturated heterocycles. The molecule has 160 valence electrons. The summed E-state index contributed by atoms with van der Waals surface area (Å²) in [5.74, 6) is 0. The molecule has 2 atom stereocenters. The molecule has 13 heteroatoms. The van der Waals surface area contributed by atoms with Crippen molar-refractivity contribution in [2.45, 2.75) is 55.7 Å². The summed E-state index contributed by atoms with van der Waals surface area (Å²) in [4.78, 5) is 12.6. The highest BCUT2D eigenvalue weighted by atomic mass is 32.2. The first-order valence-electron chi connectivity index (χ1n) is 9.01. The maximum Gasteiger partial charge on any atom is 0.332 e. The molecule has 1 aliphatic heterocycles. The summed E-state index contributed by atoms with van der Waals surface area (Å²) in [5.41, 5.74) is 3.69. The Morgan fingerprint density at radius 1 is 1.31 bits per heavy atom. The number of hydrogen-bond donors (Lipinski definition) is 3. The second-order valence-electron chi connectivity index (χ2n) is 7.10. The van der Waals surface area contributed by atoms with Crippen molar-refractivity contribution in [3.05, 3.63) is 28.7 Å². The fourth-order valence-electron chi connectivity index (χ4n) is 3.33. The molecular formula is C16H20F3N5O4S. The SMILES string of the molecule is CCn1c(=O)n(C2NNC(C(F)F)O2)c2cc(S(=O)(=O)NC3(CF)CC3)ccc21. The molecule has 2 aliphatic rings. The van der Waals surface area contributed by atoms with E-state index in [1.165, 1.54) is 22.8 Å². The van der Waals surface area contributed by atoms with Crippen LogP contribution in [0.3, 0.4) is 0 Å². The van der Waals surface area contributed by atoms with Crippen LogP contribution in [0.15, 0.2) is 27.9 Å². The highest BCUT2D eigenvalue weighted by molar-refractivity contribution is 7.89. The lowest BCUT2D eigenvalue weighted by Crippen LogP contribution is -2.38. The van der Waals surface area contributed by atoms with Gasteiger partial charge in [0, 0.05) is 6.54 Å². The summed E-state index contributed by atoms with van der Waals surface area (Å²) in [5, 5.41) is 0. The van der Waals surface area contributed by atoms with Gasteiger partial charge in [0.05, 0.1) is 21.5 Å². The van der Waals surface area contributed by atoms with E-state index in [4.69, 9.17) is 4.74 Å². The largest absolute Gasteiger partial charge is 0.332 e. The predicted molar refractivity (Wildman–Crippen MR) is 96.3 cm³/mol. The zero-order valence-electron chi connectivity index (χ0n) is 15.4. The molecule has 4 rings (SSSR count). The maximum absolute atomic E-state index is 13.1. The number of benzene rings is 1. The van der Waals surface area contributed by atoms with E-state index in [9.17, 15) is 26.4 Å². The van der Waals surface area contributed by atoms with Crippen LogP contribution in [0.5, 0.6) is 0 Å². The smallest absolute Gasteiger partial charge is 0.318 e. The van der Waals surface area contributed by atoms with Crippen LogP contribution in [0, 0.1) is 0 Å². The van der Waals surface area contributed by atoms with Crippen molar-refractivity contribution in [3.8, 4) is 0 Å². The fourth-order valence-corrected chi connectivity index (χ4v) is 4.79. The average molecular weight is 435 g/mol. The summed E-state index contributed by atoms with van der Waals surface area (Å²) in [6.45, 7) is 1.18. The van der Waals surface area contributed by atoms with Gasteiger partial charge in [-0.3, -0.25) is 9.13 Å². The molecule has 0 spiro atoms. The first-order valence-corrected chi connectivity index (χ1v) is 10.5. The summed E-state index contributed by atoms with van der Waals surface area (Å²) in [6, 6.07) is 4.02. The van der Waals surface area contributed by atoms with E-state index in [0.717, 1.165) is 4.57 Å². The second-order valence-corrected chi connectivity index (χ2v) is 8.78. The van der Waals surface area contributed by atoms with E-state index in [1.807, 2.05) is 0 Å². The summed E-state index contributed by atoms with van der Waals surface area (Å²) in [7, 11) is -4.05. The maximum atomic E-state index is 13.1. The van der Waals surface area contributed by atoms with Gasteiger partial charge in [-0.1, -0.05) is 0 Å². The second kappa shape index (κ2) is 7.09. The monoisotopic (exact) mass is 435 g/mol. The Morgan fingerprint density at radius 3 is 2.59 bits per heavy atom. The average Bonchev–Trinajstić information content (AvgIpc) is 3.15. The molecule has 2 heterocycles. The van der Waals surface area contributed by atoms with Crippen molar-refractivity contribution in [2.75, 3.05) is 6.67 Å². The van der Waals surface area contributed by atoms with Gasteiger partial charge in [-0.25, -0.2) is 42.0 Å². The lowest BCUT2D eigenvalue weighted by Gasteiger charge is -2.15. The number of ether oxygens (including phenoxy) is 1. The Kier molecular flexibility index (Phi) is 4.98. The van der Waals surface area contributed by atoms with Crippen LogP contribution in [0.2, 0.25) is 0 Å². The number of hydrazine groups is 1. The zero-order valence-corrected chi connectivity index (χ0v) is 16.2. The van der Waals surface area contributed by atoms with E-state index < -0.39 is 46.9 Å². The predicted octanol–water partition coefficient (Wildman–Crippen LogP) is 0.775. The number of nitrogens with one attached hydrogen (secondary N) is 3. The molecular weight excluding hydrogens is 415 g/mol. The molecule has 0 radical (unpaired) electrons. The van der Waals surface area contributed by atoms with Gasteiger partial charge in [-0.2, -0.15) is 0 Å². The van der Waals surface area contributed by atoms with Crippen LogP contribution in [-0.4, -0.2) is 42.4 Å². The van der Waals surface area contributed by atoms with E-state index in [0.29, 0.717) is 18.4 Å². The number of nitrogens with zero attached hydrogens (tertiary/aromatic N) is 2. The topological polar surface area (TPSA) is 106 Å². The number of halogens is 3. The summed E-state index contributed by atoms with van der Waals surface area (Å²) in [6.07, 6.45) is -4.91. The number of alkyl halides is 3. The Labute approximate surface area is 163 Å². The normalized spacial score (nSPS) is 23.9. The van der Waals surface area contributed by atoms with Crippen molar-refractivity contribution in [3.63, 3.8) is 0 Å². The van der Waals surface area contributed by atoms with Gasteiger partial charge >= 0.3 is 5.69 Å². The number of fused-ring (bicyclic) bond motifs is 1. The van der Waals surface area contributed by atoms with Crippen molar-refractivity contribution >= 4 is 21.1 Å². The van der Waals surface area contributed by atoms with Gasteiger partial charge in [0.1, 0.15) is 6.67 Å². The fraction of sp³-hybridized carbons (Fsp3) is 0.562. The minimum Gasteiger partial charge on any atom is -0.318 e. The summed E-state index contributed by atoms with van der Waals surface area (Å²) >= 11 is 0. The third-order valence-electron chi connectivity index (χ3n) is 5.11. The van der Waals surface area contributed by atoms with Gasteiger partial charge in [0.25, 0.3) is 6.43 Å². The van der Waals surface area contributed by atoms with E-state index >= 15 is 0 Å². The highest BCUT2D eigenvalue weighted by Gasteiger charge is 2.46. The van der Waals surface area contributed by atoms with Crippen LogP contribution < -0.4 is 21.3 Å². The Morgan fingerprint density at radius 2 is 2.03 bits per heavy atom. The molecule has 2 unspecified atom stereocenters. The molecule has 1 aliphatic carbocycles. The lowest BCUT2D eigenvalue weighted by molar-refractivity contribution is -0.0808. The molecule has 29 heavy (non-hydrogen) atoms. The number of aromatic nitrogens is 2. The highest BCUT2D eigenvalue weighted by Crippen LogP contribution is 2.37. The van der Waals surface area contributed by atoms with Crippen LogP contribution in [0.25, 0.3) is 11.0 Å². The van der Waals surface area contributed by atoms with Gasteiger partial charge in [0.2, 0.25) is 16.4 Å². The van der Waals surface area contributed by atoms with E-state index in [1.54, 1.807) is 6.92 Å². The Balaban J connectivity index is 1.79. The molecule has 0 bridgehead atoms. The molecule has 1 aromatic carbocycles. The molecule has 2 fully saturated rings. The van der Waals surface area contributed by atoms with Gasteiger partial charge in [-0.15, -0.1) is 0 Å². The lowest BCUT2D eigenvalue weighted by atomic mass is 10.3. The first-order chi connectivity index (χ1) is 13.7. The minimum absolute atomic E-state index is 0.164. The number of hydrogen-bond acceptors (Lipinski definition) is 6. The van der Waals surface area contributed by atoms with Crippen LogP contribution in [0.4, 0.5) is 13.2 Å².